The summed E-state index contributed by atoms with van der Waals surface area (Å²) in [5.74, 6) is -0.0856. The lowest BCUT2D eigenvalue weighted by atomic mass is 9.82. The molecule has 0 radical (unpaired) electrons. The van der Waals surface area contributed by atoms with Crippen LogP contribution in [0.25, 0.3) is 11.1 Å². The standard InChI is InChI=1S/C16H21NO4/c1-8-9(2)20-10(3)14(8)15(18)11-5-6-12-13(7-11)21-16(19)17(12)4/h5-10,14-15,18H,1-4H3. The summed E-state index contributed by atoms with van der Waals surface area (Å²) in [7, 11) is 1.67. The molecule has 0 aliphatic carbocycles. The van der Waals surface area contributed by atoms with Gasteiger partial charge >= 0.3 is 5.76 Å². The van der Waals surface area contributed by atoms with Gasteiger partial charge in [0.2, 0.25) is 0 Å². The highest BCUT2D eigenvalue weighted by Crippen LogP contribution is 2.40. The minimum absolute atomic E-state index is 0.00322. The maximum absolute atomic E-state index is 11.5. The van der Waals surface area contributed by atoms with Crippen LogP contribution in [-0.2, 0) is 11.8 Å². The van der Waals surface area contributed by atoms with E-state index in [1.54, 1.807) is 13.1 Å². The van der Waals surface area contributed by atoms with Crippen LogP contribution < -0.4 is 5.76 Å². The van der Waals surface area contributed by atoms with Gasteiger partial charge in [-0.2, -0.15) is 0 Å². The van der Waals surface area contributed by atoms with Gasteiger partial charge in [0.05, 0.1) is 23.8 Å². The van der Waals surface area contributed by atoms with Crippen LogP contribution in [0, 0.1) is 11.8 Å². The molecule has 0 bridgehead atoms. The summed E-state index contributed by atoms with van der Waals surface area (Å²) in [6, 6.07) is 5.42. The molecule has 5 unspecified atom stereocenters. The van der Waals surface area contributed by atoms with E-state index in [0.29, 0.717) is 5.58 Å². The normalized spacial score (nSPS) is 30.9. The molecule has 1 fully saturated rings. The number of aryl methyl sites for hydroxylation is 1. The third-order valence-electron chi connectivity index (χ3n) is 4.84. The van der Waals surface area contributed by atoms with Crippen molar-refractivity contribution in [3.63, 3.8) is 0 Å². The molecule has 5 atom stereocenters. The van der Waals surface area contributed by atoms with Crippen molar-refractivity contribution in [3.8, 4) is 0 Å². The number of nitrogens with zero attached hydrogens (tertiary/aromatic N) is 1. The first-order valence-corrected chi connectivity index (χ1v) is 7.33. The van der Waals surface area contributed by atoms with Crippen LogP contribution in [0.5, 0.6) is 0 Å². The Kier molecular flexibility index (Phi) is 3.42. The molecule has 1 aromatic carbocycles. The van der Waals surface area contributed by atoms with Crippen LogP contribution in [-0.4, -0.2) is 21.9 Å². The number of aromatic nitrogens is 1. The predicted octanol–water partition coefficient (Wildman–Crippen LogP) is 2.22. The van der Waals surface area contributed by atoms with E-state index in [-0.39, 0.29) is 24.0 Å². The molecule has 3 rings (SSSR count). The summed E-state index contributed by atoms with van der Waals surface area (Å²) < 4.78 is 12.4. The van der Waals surface area contributed by atoms with Crippen LogP contribution in [0.3, 0.4) is 0 Å². The van der Waals surface area contributed by atoms with Crippen molar-refractivity contribution in [3.05, 3.63) is 34.3 Å². The van der Waals surface area contributed by atoms with E-state index in [2.05, 4.69) is 6.92 Å². The minimum atomic E-state index is -0.630. The van der Waals surface area contributed by atoms with Gasteiger partial charge in [-0.1, -0.05) is 13.0 Å². The monoisotopic (exact) mass is 291 g/mol. The molecule has 0 saturated carbocycles. The van der Waals surface area contributed by atoms with E-state index in [1.807, 2.05) is 26.0 Å². The lowest BCUT2D eigenvalue weighted by Crippen LogP contribution is -2.24. The third-order valence-corrected chi connectivity index (χ3v) is 4.84. The van der Waals surface area contributed by atoms with Crippen molar-refractivity contribution >= 4 is 11.1 Å². The highest BCUT2D eigenvalue weighted by Gasteiger charge is 2.41. The van der Waals surface area contributed by atoms with Gasteiger partial charge in [0.1, 0.15) is 0 Å². The summed E-state index contributed by atoms with van der Waals surface area (Å²) in [5, 5.41) is 10.7. The van der Waals surface area contributed by atoms with E-state index >= 15 is 0 Å². The van der Waals surface area contributed by atoms with Gasteiger partial charge in [0.25, 0.3) is 0 Å². The van der Waals surface area contributed by atoms with Crippen molar-refractivity contribution in [2.75, 3.05) is 0 Å². The first-order chi connectivity index (χ1) is 9.90. The van der Waals surface area contributed by atoms with Crippen molar-refractivity contribution in [2.24, 2.45) is 18.9 Å². The molecule has 1 aliphatic heterocycles. The average molecular weight is 291 g/mol. The summed E-state index contributed by atoms with van der Waals surface area (Å²) in [6.07, 6.45) is -0.489. The molecule has 0 amide bonds. The minimum Gasteiger partial charge on any atom is -0.408 e. The zero-order chi connectivity index (χ0) is 15.3. The number of hydrogen-bond donors (Lipinski definition) is 1. The summed E-state index contributed by atoms with van der Waals surface area (Å²) in [4.78, 5) is 11.5. The molecule has 114 valence electrons. The summed E-state index contributed by atoms with van der Waals surface area (Å²) in [6.45, 7) is 6.13. The van der Waals surface area contributed by atoms with Gasteiger partial charge in [-0.3, -0.25) is 4.57 Å². The topological polar surface area (TPSA) is 64.6 Å². The molecule has 1 saturated heterocycles. The maximum atomic E-state index is 11.5. The maximum Gasteiger partial charge on any atom is 0.419 e. The summed E-state index contributed by atoms with van der Waals surface area (Å²) in [5.41, 5.74) is 2.00. The fraction of sp³-hybridized carbons (Fsp3) is 0.562. The van der Waals surface area contributed by atoms with Gasteiger partial charge in [-0.15, -0.1) is 0 Å². The number of rotatable bonds is 2. The predicted molar refractivity (Wildman–Crippen MR) is 79.1 cm³/mol. The summed E-state index contributed by atoms with van der Waals surface area (Å²) >= 11 is 0. The first kappa shape index (κ1) is 14.4. The van der Waals surface area contributed by atoms with E-state index < -0.39 is 11.9 Å². The van der Waals surface area contributed by atoms with Crippen LogP contribution >= 0.6 is 0 Å². The Hall–Kier alpha value is -1.59. The number of aliphatic hydroxyl groups excluding tert-OH is 1. The van der Waals surface area contributed by atoms with Crippen molar-refractivity contribution in [1.29, 1.82) is 0 Å². The fourth-order valence-electron chi connectivity index (χ4n) is 3.39. The SMILES string of the molecule is CC1OC(C)C(C(O)c2ccc3c(c2)oc(=O)n3C)C1C. The smallest absolute Gasteiger partial charge is 0.408 e. The molecule has 1 aromatic heterocycles. The van der Waals surface area contributed by atoms with Crippen molar-refractivity contribution in [1.82, 2.24) is 4.57 Å². The average Bonchev–Trinajstić information content (AvgIpc) is 2.86. The van der Waals surface area contributed by atoms with E-state index in [1.165, 1.54) is 4.57 Å². The molecule has 5 nitrogen and oxygen atoms in total. The quantitative estimate of drug-likeness (QED) is 0.921. The van der Waals surface area contributed by atoms with Gasteiger partial charge in [-0.05, 0) is 37.5 Å². The van der Waals surface area contributed by atoms with Crippen molar-refractivity contribution < 1.29 is 14.3 Å². The second-order valence-corrected chi connectivity index (χ2v) is 6.08. The van der Waals surface area contributed by atoms with E-state index in [9.17, 15) is 9.90 Å². The number of oxazole rings is 1. The molecule has 5 heteroatoms. The van der Waals surface area contributed by atoms with E-state index in [4.69, 9.17) is 9.15 Å². The lowest BCUT2D eigenvalue weighted by molar-refractivity contribution is 0.0231. The Bertz CT molecular complexity index is 717. The molecule has 2 aromatic rings. The Morgan fingerprint density at radius 2 is 1.95 bits per heavy atom. The van der Waals surface area contributed by atoms with Crippen LogP contribution in [0.2, 0.25) is 0 Å². The Morgan fingerprint density at radius 1 is 1.24 bits per heavy atom. The molecular weight excluding hydrogens is 270 g/mol. The lowest BCUT2D eigenvalue weighted by Gasteiger charge is -2.24. The number of fused-ring (bicyclic) bond motifs is 1. The van der Waals surface area contributed by atoms with Crippen LogP contribution in [0.1, 0.15) is 32.4 Å². The third kappa shape index (κ3) is 2.21. The van der Waals surface area contributed by atoms with Crippen LogP contribution in [0.15, 0.2) is 27.4 Å². The van der Waals surface area contributed by atoms with Gasteiger partial charge in [0, 0.05) is 13.0 Å². The molecule has 2 heterocycles. The number of aliphatic hydroxyl groups is 1. The Labute approximate surface area is 123 Å². The van der Waals surface area contributed by atoms with E-state index in [0.717, 1.165) is 11.1 Å². The second kappa shape index (κ2) is 5.00. The van der Waals surface area contributed by atoms with Gasteiger partial charge in [0.15, 0.2) is 5.58 Å². The highest BCUT2D eigenvalue weighted by molar-refractivity contribution is 5.73. The largest absolute Gasteiger partial charge is 0.419 e. The fourth-order valence-corrected chi connectivity index (χ4v) is 3.39. The van der Waals surface area contributed by atoms with Crippen LogP contribution in [0.4, 0.5) is 0 Å². The highest BCUT2D eigenvalue weighted by atomic mass is 16.5. The molecule has 1 aliphatic rings. The molecular formula is C16H21NO4. The Morgan fingerprint density at radius 3 is 2.57 bits per heavy atom. The molecule has 1 N–H and O–H groups in total. The number of benzene rings is 1. The van der Waals surface area contributed by atoms with Gasteiger partial charge < -0.3 is 14.3 Å². The number of hydrogen-bond acceptors (Lipinski definition) is 4. The number of ether oxygens (including phenoxy) is 1. The van der Waals surface area contributed by atoms with Gasteiger partial charge in [-0.25, -0.2) is 4.79 Å². The first-order valence-electron chi connectivity index (χ1n) is 7.33. The molecule has 21 heavy (non-hydrogen) atoms. The molecule has 0 spiro atoms. The van der Waals surface area contributed by atoms with Crippen molar-refractivity contribution in [2.45, 2.75) is 39.1 Å². The zero-order valence-electron chi connectivity index (χ0n) is 12.7. The zero-order valence-corrected chi connectivity index (χ0v) is 12.7. The Balaban J connectivity index is 1.98. The second-order valence-electron chi connectivity index (χ2n) is 6.08.